The van der Waals surface area contributed by atoms with Gasteiger partial charge in [0.1, 0.15) is 6.73 Å². The summed E-state index contributed by atoms with van der Waals surface area (Å²) in [5.74, 6) is 0. The van der Waals surface area contributed by atoms with E-state index in [0.29, 0.717) is 6.61 Å². The molecule has 14 heavy (non-hydrogen) atoms. The minimum Gasteiger partial charge on any atom is -0.472 e. The monoisotopic (exact) mass is 199 g/mol. The van der Waals surface area contributed by atoms with Crippen molar-refractivity contribution in [2.45, 2.75) is 13.5 Å². The van der Waals surface area contributed by atoms with E-state index in [0.717, 1.165) is 5.56 Å². The molecular formula is C9H13NO4. The second-order valence-corrected chi connectivity index (χ2v) is 2.67. The number of nitrogens with zero attached hydrogens (tertiary/aromatic N) is 1. The van der Waals surface area contributed by atoms with Crippen LogP contribution in [0.15, 0.2) is 23.0 Å². The van der Waals surface area contributed by atoms with E-state index in [1.54, 1.807) is 13.0 Å². The van der Waals surface area contributed by atoms with E-state index in [9.17, 15) is 4.79 Å². The Kier molecular flexibility index (Phi) is 4.00. The molecule has 0 unspecified atom stereocenters. The topological polar surface area (TPSA) is 62.9 Å². The molecule has 1 amide bonds. The first kappa shape index (κ1) is 10.6. The summed E-state index contributed by atoms with van der Waals surface area (Å²) >= 11 is 0. The van der Waals surface area contributed by atoms with E-state index in [1.807, 2.05) is 0 Å². The molecule has 1 rings (SSSR count). The third-order valence-corrected chi connectivity index (χ3v) is 1.65. The molecule has 1 N–H and O–H groups in total. The third-order valence-electron chi connectivity index (χ3n) is 1.65. The Morgan fingerprint density at radius 1 is 1.71 bits per heavy atom. The molecule has 0 spiro atoms. The largest absolute Gasteiger partial charge is 0.472 e. The van der Waals surface area contributed by atoms with E-state index < -0.39 is 6.09 Å². The lowest BCUT2D eigenvalue weighted by molar-refractivity contribution is 0.0612. The zero-order valence-corrected chi connectivity index (χ0v) is 7.97. The highest BCUT2D eigenvalue weighted by Gasteiger charge is 2.13. The lowest BCUT2D eigenvalue weighted by atomic mass is 10.3. The van der Waals surface area contributed by atoms with Gasteiger partial charge in [0, 0.05) is 5.56 Å². The van der Waals surface area contributed by atoms with E-state index in [4.69, 9.17) is 14.3 Å². The van der Waals surface area contributed by atoms with Crippen LogP contribution >= 0.6 is 0 Å². The zero-order chi connectivity index (χ0) is 10.4. The Bertz CT molecular complexity index is 270. The van der Waals surface area contributed by atoms with Gasteiger partial charge in [-0.3, -0.25) is 4.90 Å². The molecule has 1 heterocycles. The minimum atomic E-state index is -0.531. The Hall–Kier alpha value is -1.49. The van der Waals surface area contributed by atoms with E-state index in [-0.39, 0.29) is 13.3 Å². The number of amides is 1. The summed E-state index contributed by atoms with van der Waals surface area (Å²) in [5.41, 5.74) is 0.812. The van der Waals surface area contributed by atoms with Crippen molar-refractivity contribution in [1.82, 2.24) is 4.90 Å². The quantitative estimate of drug-likeness (QED) is 0.740. The molecular weight excluding hydrogens is 186 g/mol. The third kappa shape index (κ3) is 2.77. The number of aliphatic hydroxyl groups is 1. The maximum absolute atomic E-state index is 11.2. The first-order chi connectivity index (χ1) is 6.77. The van der Waals surface area contributed by atoms with Crippen molar-refractivity contribution in [1.29, 1.82) is 0 Å². The summed E-state index contributed by atoms with van der Waals surface area (Å²) in [4.78, 5) is 12.4. The van der Waals surface area contributed by atoms with Crippen LogP contribution < -0.4 is 0 Å². The van der Waals surface area contributed by atoms with Crippen molar-refractivity contribution in [2.24, 2.45) is 0 Å². The number of hydrogen-bond donors (Lipinski definition) is 1. The van der Waals surface area contributed by atoms with Crippen LogP contribution in [0.4, 0.5) is 4.79 Å². The molecule has 0 bridgehead atoms. The molecule has 0 fully saturated rings. The van der Waals surface area contributed by atoms with Crippen LogP contribution in [-0.2, 0) is 11.3 Å². The van der Waals surface area contributed by atoms with Crippen molar-refractivity contribution >= 4 is 6.09 Å². The van der Waals surface area contributed by atoms with Gasteiger partial charge in [0.15, 0.2) is 0 Å². The fourth-order valence-electron chi connectivity index (χ4n) is 0.990. The predicted molar refractivity (Wildman–Crippen MR) is 48.4 cm³/mol. The lowest BCUT2D eigenvalue weighted by Crippen LogP contribution is -2.31. The van der Waals surface area contributed by atoms with Crippen LogP contribution in [0, 0.1) is 0 Å². The zero-order valence-electron chi connectivity index (χ0n) is 7.97. The van der Waals surface area contributed by atoms with Gasteiger partial charge in [-0.05, 0) is 13.0 Å². The van der Waals surface area contributed by atoms with Crippen LogP contribution in [0.2, 0.25) is 0 Å². The molecule has 0 aromatic carbocycles. The van der Waals surface area contributed by atoms with Crippen molar-refractivity contribution in [2.75, 3.05) is 13.3 Å². The fourth-order valence-corrected chi connectivity index (χ4v) is 0.990. The van der Waals surface area contributed by atoms with Crippen molar-refractivity contribution in [3.05, 3.63) is 24.2 Å². The normalized spacial score (nSPS) is 9.86. The molecule has 0 aliphatic heterocycles. The van der Waals surface area contributed by atoms with E-state index >= 15 is 0 Å². The predicted octanol–water partition coefficient (Wildman–Crippen LogP) is 1.19. The molecule has 0 aliphatic rings. The molecule has 78 valence electrons. The molecule has 5 heteroatoms. The van der Waals surface area contributed by atoms with Crippen LogP contribution in [0.1, 0.15) is 12.5 Å². The number of hydrogen-bond acceptors (Lipinski definition) is 4. The number of furan rings is 1. The van der Waals surface area contributed by atoms with Gasteiger partial charge in [0.05, 0.1) is 25.7 Å². The number of rotatable bonds is 4. The molecule has 5 nitrogen and oxygen atoms in total. The van der Waals surface area contributed by atoms with Gasteiger partial charge in [-0.1, -0.05) is 0 Å². The first-order valence-electron chi connectivity index (χ1n) is 4.31. The summed E-state index contributed by atoms with van der Waals surface area (Å²) < 4.78 is 9.58. The standard InChI is InChI=1S/C9H13NO4/c1-2-14-9(12)10(7-11)5-8-3-4-13-6-8/h3-4,6,11H,2,5,7H2,1H3. The van der Waals surface area contributed by atoms with E-state index in [2.05, 4.69) is 0 Å². The molecule has 0 saturated carbocycles. The Balaban J connectivity index is 2.50. The minimum absolute atomic E-state index is 0.284. The highest BCUT2D eigenvalue weighted by atomic mass is 16.6. The highest BCUT2D eigenvalue weighted by Crippen LogP contribution is 2.05. The van der Waals surface area contributed by atoms with Crippen LogP contribution in [0.25, 0.3) is 0 Å². The summed E-state index contributed by atoms with van der Waals surface area (Å²) in [6.07, 6.45) is 2.49. The first-order valence-corrected chi connectivity index (χ1v) is 4.31. The summed E-state index contributed by atoms with van der Waals surface area (Å²) in [7, 11) is 0. The van der Waals surface area contributed by atoms with Gasteiger partial charge in [-0.25, -0.2) is 4.79 Å². The van der Waals surface area contributed by atoms with E-state index in [1.165, 1.54) is 17.4 Å². The summed E-state index contributed by atoms with van der Waals surface area (Å²) in [5, 5.41) is 8.92. The van der Waals surface area contributed by atoms with Crippen LogP contribution in [0.5, 0.6) is 0 Å². The van der Waals surface area contributed by atoms with Gasteiger partial charge in [-0.15, -0.1) is 0 Å². The molecule has 1 aromatic heterocycles. The van der Waals surface area contributed by atoms with Crippen LogP contribution in [-0.4, -0.2) is 29.4 Å². The molecule has 0 aliphatic carbocycles. The SMILES string of the molecule is CCOC(=O)N(CO)Cc1ccoc1. The van der Waals surface area contributed by atoms with Gasteiger partial charge in [0.25, 0.3) is 0 Å². The molecule has 0 radical (unpaired) electrons. The Morgan fingerprint density at radius 2 is 2.50 bits per heavy atom. The maximum atomic E-state index is 11.2. The lowest BCUT2D eigenvalue weighted by Gasteiger charge is -2.17. The average Bonchev–Trinajstić information content (AvgIpc) is 2.66. The van der Waals surface area contributed by atoms with Gasteiger partial charge < -0.3 is 14.3 Å². The summed E-state index contributed by atoms with van der Waals surface area (Å²) in [6.45, 7) is 1.92. The Morgan fingerprint density at radius 3 is 3.00 bits per heavy atom. The number of carbonyl (C=O) groups excluding carboxylic acids is 1. The second-order valence-electron chi connectivity index (χ2n) is 2.67. The number of carbonyl (C=O) groups is 1. The molecule has 1 aromatic rings. The molecule has 0 saturated heterocycles. The van der Waals surface area contributed by atoms with Crippen molar-refractivity contribution in [3.8, 4) is 0 Å². The van der Waals surface area contributed by atoms with Crippen molar-refractivity contribution < 1.29 is 19.1 Å². The Labute approximate surface area is 81.9 Å². The van der Waals surface area contributed by atoms with Gasteiger partial charge in [0.2, 0.25) is 0 Å². The van der Waals surface area contributed by atoms with Gasteiger partial charge >= 0.3 is 6.09 Å². The average molecular weight is 199 g/mol. The van der Waals surface area contributed by atoms with Gasteiger partial charge in [-0.2, -0.15) is 0 Å². The smallest absolute Gasteiger partial charge is 0.411 e. The van der Waals surface area contributed by atoms with Crippen molar-refractivity contribution in [3.63, 3.8) is 0 Å². The highest BCUT2D eigenvalue weighted by molar-refractivity contribution is 5.67. The number of aliphatic hydroxyl groups excluding tert-OH is 1. The number of ether oxygens (including phenoxy) is 1. The maximum Gasteiger partial charge on any atom is 0.411 e. The fraction of sp³-hybridized carbons (Fsp3) is 0.444. The summed E-state index contributed by atoms with van der Waals surface area (Å²) in [6, 6.07) is 1.72. The molecule has 0 atom stereocenters. The second kappa shape index (κ2) is 5.29. The van der Waals surface area contributed by atoms with Crippen LogP contribution in [0.3, 0.4) is 0 Å².